The molecule has 2 fully saturated rings. The van der Waals surface area contributed by atoms with Crippen LogP contribution in [-0.4, -0.2) is 84.4 Å². The lowest BCUT2D eigenvalue weighted by Gasteiger charge is -2.31. The third-order valence-electron chi connectivity index (χ3n) is 4.86. The number of hydrogen-bond donors (Lipinski definition) is 0. The highest BCUT2D eigenvalue weighted by atomic mass is 32.2. The summed E-state index contributed by atoms with van der Waals surface area (Å²) in [5.41, 5.74) is 0. The Morgan fingerprint density at radius 3 is 2.19 bits per heavy atom. The van der Waals surface area contributed by atoms with Crippen molar-refractivity contribution in [1.29, 1.82) is 0 Å². The predicted molar refractivity (Wildman–Crippen MR) is 96.9 cm³/mol. The maximum atomic E-state index is 12.8. The van der Waals surface area contributed by atoms with Crippen molar-refractivity contribution in [1.82, 2.24) is 9.21 Å². The van der Waals surface area contributed by atoms with Gasteiger partial charge in [-0.05, 0) is 31.7 Å². The average Bonchev–Trinajstić information content (AvgIpc) is 2.96. The number of nitrogens with zero attached hydrogens (tertiary/aromatic N) is 2. The molecule has 0 unspecified atom stereocenters. The van der Waals surface area contributed by atoms with Gasteiger partial charge < -0.3 is 4.90 Å². The first-order valence-corrected chi connectivity index (χ1v) is 13.1. The van der Waals surface area contributed by atoms with Gasteiger partial charge in [0.05, 0.1) is 26.5 Å². The van der Waals surface area contributed by atoms with Crippen LogP contribution in [0.3, 0.4) is 0 Å². The molecule has 1 aromatic rings. The number of sulfonamides is 1. The molecule has 146 valence electrons. The lowest BCUT2D eigenvalue weighted by atomic mass is 10.4. The van der Waals surface area contributed by atoms with Gasteiger partial charge in [0.2, 0.25) is 10.0 Å². The summed E-state index contributed by atoms with van der Waals surface area (Å²) in [6.45, 7) is 1.90. The molecule has 11 heteroatoms. The Morgan fingerprint density at radius 1 is 1.00 bits per heavy atom. The molecule has 2 aliphatic heterocycles. The van der Waals surface area contributed by atoms with Gasteiger partial charge >= 0.3 is 0 Å². The van der Waals surface area contributed by atoms with Gasteiger partial charge in [-0.15, -0.1) is 0 Å². The van der Waals surface area contributed by atoms with Gasteiger partial charge in [-0.3, -0.25) is 0 Å². The molecule has 2 aliphatic rings. The maximum absolute atomic E-state index is 12.8. The number of piperazine rings is 1. The van der Waals surface area contributed by atoms with Crippen molar-refractivity contribution in [2.75, 3.05) is 44.7 Å². The fourth-order valence-corrected chi connectivity index (χ4v) is 9.13. The van der Waals surface area contributed by atoms with E-state index in [0.29, 0.717) is 26.2 Å². The molecule has 0 aliphatic carbocycles. The summed E-state index contributed by atoms with van der Waals surface area (Å²) in [4.78, 5) is 1.80. The van der Waals surface area contributed by atoms with Crippen molar-refractivity contribution < 1.29 is 25.3 Å². The molecule has 0 N–H and O–H groups in total. The summed E-state index contributed by atoms with van der Waals surface area (Å²) in [5.74, 6) is -0.568. The SMILES string of the molecule is CN1CCN(S(=O)(=O)c2cccc(S(=O)(=O)[C@@H]3CCS(=O)(=O)C3)c2)CC1. The second-order valence-corrected chi connectivity index (χ2v) is 13.1. The zero-order chi connectivity index (χ0) is 19.2. The van der Waals surface area contributed by atoms with Gasteiger partial charge in [0.1, 0.15) is 0 Å². The molecule has 0 radical (unpaired) electrons. The molecule has 8 nitrogen and oxygen atoms in total. The summed E-state index contributed by atoms with van der Waals surface area (Å²) < 4.78 is 75.7. The van der Waals surface area contributed by atoms with Crippen LogP contribution >= 0.6 is 0 Å². The molecule has 0 aromatic heterocycles. The van der Waals surface area contributed by atoms with E-state index >= 15 is 0 Å². The smallest absolute Gasteiger partial charge is 0.243 e. The highest BCUT2D eigenvalue weighted by molar-refractivity contribution is 7.96. The van der Waals surface area contributed by atoms with Crippen molar-refractivity contribution in [3.8, 4) is 0 Å². The van der Waals surface area contributed by atoms with E-state index in [0.717, 1.165) is 6.07 Å². The second-order valence-electron chi connectivity index (χ2n) is 6.75. The van der Waals surface area contributed by atoms with E-state index in [1.54, 1.807) is 0 Å². The average molecular weight is 423 g/mol. The molecule has 1 atom stereocenters. The minimum atomic E-state index is -3.90. The highest BCUT2D eigenvalue weighted by Gasteiger charge is 2.38. The number of rotatable bonds is 4. The zero-order valence-corrected chi connectivity index (χ0v) is 16.9. The first-order valence-electron chi connectivity index (χ1n) is 8.25. The summed E-state index contributed by atoms with van der Waals surface area (Å²) in [7, 11) is -9.14. The van der Waals surface area contributed by atoms with Crippen LogP contribution < -0.4 is 0 Å². The van der Waals surface area contributed by atoms with Gasteiger partial charge in [-0.25, -0.2) is 25.3 Å². The first-order chi connectivity index (χ1) is 12.0. The summed E-state index contributed by atoms with van der Waals surface area (Å²) in [6.07, 6.45) is 0.0418. The van der Waals surface area contributed by atoms with Crippen LogP contribution in [0.25, 0.3) is 0 Å². The molecule has 3 rings (SSSR count). The molecule has 0 bridgehead atoms. The van der Waals surface area contributed by atoms with Gasteiger partial charge in [-0.2, -0.15) is 4.31 Å². The van der Waals surface area contributed by atoms with E-state index in [1.165, 1.54) is 22.5 Å². The predicted octanol–water partition coefficient (Wildman–Crippen LogP) is -0.416. The van der Waals surface area contributed by atoms with E-state index in [9.17, 15) is 25.3 Å². The van der Waals surface area contributed by atoms with Crippen LogP contribution in [0.1, 0.15) is 6.42 Å². The Hall–Kier alpha value is -1.01. The Bertz CT molecular complexity index is 994. The molecular weight excluding hydrogens is 400 g/mol. The van der Waals surface area contributed by atoms with Gasteiger partial charge in [-0.1, -0.05) is 6.07 Å². The number of sulfone groups is 2. The minimum Gasteiger partial charge on any atom is -0.304 e. The lowest BCUT2D eigenvalue weighted by Crippen LogP contribution is -2.47. The van der Waals surface area contributed by atoms with Gasteiger partial charge in [0.15, 0.2) is 19.7 Å². The molecule has 26 heavy (non-hydrogen) atoms. The van der Waals surface area contributed by atoms with Crippen LogP contribution in [0.15, 0.2) is 34.1 Å². The van der Waals surface area contributed by atoms with Crippen molar-refractivity contribution in [2.45, 2.75) is 21.5 Å². The molecule has 2 heterocycles. The van der Waals surface area contributed by atoms with E-state index in [1.807, 2.05) is 11.9 Å². The van der Waals surface area contributed by atoms with Crippen molar-refractivity contribution >= 4 is 29.7 Å². The quantitative estimate of drug-likeness (QED) is 0.648. The summed E-state index contributed by atoms with van der Waals surface area (Å²) in [5, 5.41) is -1.02. The normalized spacial score (nSPS) is 25.3. The maximum Gasteiger partial charge on any atom is 0.243 e. The van der Waals surface area contributed by atoms with Crippen LogP contribution in [0.5, 0.6) is 0 Å². The monoisotopic (exact) mass is 422 g/mol. The number of likely N-dealkylation sites (N-methyl/N-ethyl adjacent to an activating group) is 1. The molecule has 2 saturated heterocycles. The standard InChI is InChI=1S/C15H22N2O6S3/c1-16-6-8-17(9-7-16)26(22,23)14-4-2-3-13(11-14)25(20,21)15-5-10-24(18,19)12-15/h2-4,11,15H,5-10,12H2,1H3/t15-/m1/s1. The molecule has 0 spiro atoms. The highest BCUT2D eigenvalue weighted by Crippen LogP contribution is 2.27. The first kappa shape index (κ1) is 19.7. The Labute approximate surface area is 154 Å². The third kappa shape index (κ3) is 3.81. The second kappa shape index (κ2) is 6.86. The van der Waals surface area contributed by atoms with Crippen LogP contribution in [0.4, 0.5) is 0 Å². The fraction of sp³-hybridized carbons (Fsp3) is 0.600. The Balaban J connectivity index is 1.91. The van der Waals surface area contributed by atoms with Gasteiger partial charge in [0.25, 0.3) is 0 Å². The van der Waals surface area contributed by atoms with E-state index < -0.39 is 40.7 Å². The third-order valence-corrected chi connectivity index (χ3v) is 10.9. The van der Waals surface area contributed by atoms with E-state index in [4.69, 9.17) is 0 Å². The van der Waals surface area contributed by atoms with Crippen molar-refractivity contribution in [2.24, 2.45) is 0 Å². The summed E-state index contributed by atoms with van der Waals surface area (Å²) >= 11 is 0. The molecular formula is C15H22N2O6S3. The van der Waals surface area contributed by atoms with Gasteiger partial charge in [0, 0.05) is 26.2 Å². The zero-order valence-electron chi connectivity index (χ0n) is 14.4. The minimum absolute atomic E-state index is 0.0418. The van der Waals surface area contributed by atoms with Crippen LogP contribution in [0, 0.1) is 0 Å². The number of benzene rings is 1. The number of hydrogen-bond acceptors (Lipinski definition) is 7. The molecule has 0 saturated carbocycles. The largest absolute Gasteiger partial charge is 0.304 e. The fourth-order valence-electron chi connectivity index (χ4n) is 3.19. The van der Waals surface area contributed by atoms with Crippen molar-refractivity contribution in [3.05, 3.63) is 24.3 Å². The van der Waals surface area contributed by atoms with E-state index in [-0.39, 0.29) is 22.0 Å². The van der Waals surface area contributed by atoms with Crippen molar-refractivity contribution in [3.63, 3.8) is 0 Å². The Morgan fingerprint density at radius 2 is 1.62 bits per heavy atom. The van der Waals surface area contributed by atoms with Crippen LogP contribution in [-0.2, 0) is 29.7 Å². The molecule has 1 aromatic carbocycles. The van der Waals surface area contributed by atoms with Crippen LogP contribution in [0.2, 0.25) is 0 Å². The lowest BCUT2D eigenvalue weighted by molar-refractivity contribution is 0.222. The van der Waals surface area contributed by atoms with E-state index in [2.05, 4.69) is 0 Å². The Kier molecular flexibility index (Phi) is 5.21. The molecule has 0 amide bonds. The summed E-state index contributed by atoms with van der Waals surface area (Å²) in [6, 6.07) is 5.23. The topological polar surface area (TPSA) is 109 Å².